The Kier molecular flexibility index (Phi) is 2.52. The van der Waals surface area contributed by atoms with E-state index in [0.717, 1.165) is 6.42 Å². The minimum Gasteiger partial charge on any atom is -0.444 e. The van der Waals surface area contributed by atoms with Gasteiger partial charge in [0.1, 0.15) is 5.60 Å². The zero-order valence-electron chi connectivity index (χ0n) is 8.70. The minimum atomic E-state index is -0.426. The van der Waals surface area contributed by atoms with Crippen molar-refractivity contribution in [2.24, 2.45) is 5.73 Å². The van der Waals surface area contributed by atoms with Gasteiger partial charge in [-0.05, 0) is 27.2 Å². The Labute approximate surface area is 79.0 Å². The molecule has 2 unspecified atom stereocenters. The van der Waals surface area contributed by atoms with Gasteiger partial charge in [0.05, 0.1) is 6.04 Å². The smallest absolute Gasteiger partial charge is 0.410 e. The summed E-state index contributed by atoms with van der Waals surface area (Å²) in [5.41, 5.74) is 5.19. The molecule has 4 heteroatoms. The first-order chi connectivity index (χ1) is 5.81. The zero-order chi connectivity index (χ0) is 10.2. The van der Waals surface area contributed by atoms with Crippen molar-refractivity contribution in [3.05, 3.63) is 0 Å². The van der Waals surface area contributed by atoms with E-state index in [2.05, 4.69) is 0 Å². The Hall–Kier alpha value is -0.770. The molecule has 1 aliphatic carbocycles. The molecule has 13 heavy (non-hydrogen) atoms. The van der Waals surface area contributed by atoms with Crippen molar-refractivity contribution < 1.29 is 9.53 Å². The zero-order valence-corrected chi connectivity index (χ0v) is 8.70. The Balaban J connectivity index is 2.39. The van der Waals surface area contributed by atoms with E-state index in [0.29, 0.717) is 0 Å². The van der Waals surface area contributed by atoms with Gasteiger partial charge >= 0.3 is 6.09 Å². The number of hydrogen-bond acceptors (Lipinski definition) is 3. The second kappa shape index (κ2) is 3.18. The molecule has 0 bridgehead atoms. The number of rotatable bonds is 1. The van der Waals surface area contributed by atoms with Gasteiger partial charge in [0, 0.05) is 13.1 Å². The Morgan fingerprint density at radius 1 is 1.54 bits per heavy atom. The molecule has 2 atom stereocenters. The van der Waals surface area contributed by atoms with Crippen LogP contribution in [0.25, 0.3) is 0 Å². The van der Waals surface area contributed by atoms with Crippen LogP contribution in [-0.4, -0.2) is 35.7 Å². The van der Waals surface area contributed by atoms with Gasteiger partial charge in [0.2, 0.25) is 0 Å². The molecule has 0 aromatic carbocycles. The molecule has 4 nitrogen and oxygen atoms in total. The van der Waals surface area contributed by atoms with Crippen LogP contribution in [0.15, 0.2) is 0 Å². The topological polar surface area (TPSA) is 55.6 Å². The third kappa shape index (κ3) is 2.88. The summed E-state index contributed by atoms with van der Waals surface area (Å²) < 4.78 is 5.18. The molecule has 0 spiro atoms. The maximum absolute atomic E-state index is 11.4. The molecule has 0 saturated heterocycles. The lowest BCUT2D eigenvalue weighted by Gasteiger charge is -2.24. The van der Waals surface area contributed by atoms with Crippen LogP contribution in [0.4, 0.5) is 4.79 Å². The van der Waals surface area contributed by atoms with Gasteiger partial charge in [-0.2, -0.15) is 0 Å². The Morgan fingerprint density at radius 2 is 2.00 bits per heavy atom. The molecule has 1 rings (SSSR count). The summed E-state index contributed by atoms with van der Waals surface area (Å²) in [7, 11) is 1.73. The Morgan fingerprint density at radius 3 is 2.31 bits per heavy atom. The monoisotopic (exact) mass is 186 g/mol. The van der Waals surface area contributed by atoms with Crippen molar-refractivity contribution in [1.29, 1.82) is 0 Å². The van der Waals surface area contributed by atoms with Crippen molar-refractivity contribution in [3.63, 3.8) is 0 Å². The van der Waals surface area contributed by atoms with Crippen LogP contribution < -0.4 is 5.73 Å². The summed E-state index contributed by atoms with van der Waals surface area (Å²) in [6, 6.07) is 0.312. The SMILES string of the molecule is CN(C(=O)OC(C)(C)C)C1CC1N. The van der Waals surface area contributed by atoms with Crippen LogP contribution in [-0.2, 0) is 4.74 Å². The maximum atomic E-state index is 11.4. The fourth-order valence-corrected chi connectivity index (χ4v) is 1.11. The summed E-state index contributed by atoms with van der Waals surface area (Å²) in [6.07, 6.45) is 0.598. The highest BCUT2D eigenvalue weighted by Gasteiger charge is 2.40. The van der Waals surface area contributed by atoms with Crippen LogP contribution in [0.5, 0.6) is 0 Å². The van der Waals surface area contributed by atoms with E-state index in [1.165, 1.54) is 0 Å². The highest BCUT2D eigenvalue weighted by Crippen LogP contribution is 2.25. The lowest BCUT2D eigenvalue weighted by Crippen LogP contribution is -2.37. The fourth-order valence-electron chi connectivity index (χ4n) is 1.11. The first-order valence-electron chi connectivity index (χ1n) is 4.52. The molecule has 1 amide bonds. The third-order valence-electron chi connectivity index (χ3n) is 1.98. The number of carbonyl (C=O) groups excluding carboxylic acids is 1. The summed E-state index contributed by atoms with van der Waals surface area (Å²) >= 11 is 0. The summed E-state index contributed by atoms with van der Waals surface area (Å²) in [6.45, 7) is 5.56. The lowest BCUT2D eigenvalue weighted by molar-refractivity contribution is 0.0282. The van der Waals surface area contributed by atoms with E-state index in [9.17, 15) is 4.79 Å². The number of likely N-dealkylation sites (N-methyl/N-ethyl adjacent to an activating group) is 1. The molecule has 76 valence electrons. The predicted octanol–water partition coefficient (Wildman–Crippen LogP) is 0.953. The lowest BCUT2D eigenvalue weighted by atomic mass is 10.2. The van der Waals surface area contributed by atoms with Crippen molar-refractivity contribution in [2.45, 2.75) is 44.9 Å². The number of nitrogens with two attached hydrogens (primary N) is 1. The standard InChI is InChI=1S/C9H18N2O2/c1-9(2,3)13-8(12)11(4)7-5-6(7)10/h6-7H,5,10H2,1-4H3. The largest absolute Gasteiger partial charge is 0.444 e. The van der Waals surface area contributed by atoms with E-state index in [1.807, 2.05) is 20.8 Å². The van der Waals surface area contributed by atoms with Crippen LogP contribution in [0.2, 0.25) is 0 Å². The second-order valence-corrected chi connectivity index (χ2v) is 4.56. The molecule has 0 heterocycles. The molecule has 0 radical (unpaired) electrons. The van der Waals surface area contributed by atoms with Gasteiger partial charge in [0.15, 0.2) is 0 Å². The van der Waals surface area contributed by atoms with Crippen LogP contribution >= 0.6 is 0 Å². The fraction of sp³-hybridized carbons (Fsp3) is 0.889. The maximum Gasteiger partial charge on any atom is 0.410 e. The molecular weight excluding hydrogens is 168 g/mol. The van der Waals surface area contributed by atoms with Gasteiger partial charge in [-0.25, -0.2) is 4.79 Å². The number of ether oxygens (including phenoxy) is 1. The summed E-state index contributed by atoms with van der Waals surface area (Å²) in [5.74, 6) is 0. The molecule has 1 aliphatic rings. The molecule has 0 aromatic rings. The van der Waals surface area contributed by atoms with E-state index in [4.69, 9.17) is 10.5 Å². The van der Waals surface area contributed by atoms with Gasteiger partial charge in [-0.1, -0.05) is 0 Å². The average molecular weight is 186 g/mol. The Bertz CT molecular complexity index is 210. The normalized spacial score (nSPS) is 26.8. The molecular formula is C9H18N2O2. The molecule has 2 N–H and O–H groups in total. The van der Waals surface area contributed by atoms with Crippen molar-refractivity contribution in [2.75, 3.05) is 7.05 Å². The molecule has 1 saturated carbocycles. The number of carbonyl (C=O) groups is 1. The summed E-state index contributed by atoms with van der Waals surface area (Å²) in [5, 5.41) is 0. The van der Waals surface area contributed by atoms with Gasteiger partial charge in [-0.3, -0.25) is 0 Å². The highest BCUT2D eigenvalue weighted by molar-refractivity contribution is 5.68. The van der Waals surface area contributed by atoms with Crippen molar-refractivity contribution in [1.82, 2.24) is 4.90 Å². The predicted molar refractivity (Wildman–Crippen MR) is 50.4 cm³/mol. The van der Waals surface area contributed by atoms with Gasteiger partial charge < -0.3 is 15.4 Å². The first-order valence-corrected chi connectivity index (χ1v) is 4.52. The second-order valence-electron chi connectivity index (χ2n) is 4.56. The van der Waals surface area contributed by atoms with E-state index in [1.54, 1.807) is 11.9 Å². The first kappa shape index (κ1) is 10.3. The summed E-state index contributed by atoms with van der Waals surface area (Å²) in [4.78, 5) is 13.0. The van der Waals surface area contributed by atoms with Crippen LogP contribution in [0.3, 0.4) is 0 Å². The average Bonchev–Trinajstić information content (AvgIpc) is 2.61. The number of amides is 1. The molecule has 1 fully saturated rings. The quantitative estimate of drug-likeness (QED) is 0.663. The van der Waals surface area contributed by atoms with Crippen molar-refractivity contribution in [3.8, 4) is 0 Å². The van der Waals surface area contributed by atoms with E-state index in [-0.39, 0.29) is 18.2 Å². The molecule has 0 aliphatic heterocycles. The van der Waals surface area contributed by atoms with E-state index >= 15 is 0 Å². The van der Waals surface area contributed by atoms with Gasteiger partial charge in [0.25, 0.3) is 0 Å². The van der Waals surface area contributed by atoms with E-state index < -0.39 is 5.60 Å². The van der Waals surface area contributed by atoms with Crippen LogP contribution in [0.1, 0.15) is 27.2 Å². The third-order valence-corrected chi connectivity index (χ3v) is 1.98. The van der Waals surface area contributed by atoms with Crippen molar-refractivity contribution >= 4 is 6.09 Å². The van der Waals surface area contributed by atoms with Crippen LogP contribution in [0, 0.1) is 0 Å². The van der Waals surface area contributed by atoms with Gasteiger partial charge in [-0.15, -0.1) is 0 Å². The minimum absolute atomic E-state index is 0.137. The number of nitrogens with zero attached hydrogens (tertiary/aromatic N) is 1. The molecule has 0 aromatic heterocycles. The number of hydrogen-bond donors (Lipinski definition) is 1. The highest BCUT2D eigenvalue weighted by atomic mass is 16.6.